The molecule has 0 spiro atoms. The van der Waals surface area contributed by atoms with Gasteiger partial charge in [0, 0.05) is 11.8 Å². The molecule has 2 rings (SSSR count). The van der Waals surface area contributed by atoms with Crippen LogP contribution in [0.3, 0.4) is 0 Å². The lowest BCUT2D eigenvalue weighted by molar-refractivity contribution is -0.161. The summed E-state index contributed by atoms with van der Waals surface area (Å²) < 4.78 is 89.2. The zero-order valence-electron chi connectivity index (χ0n) is 11.6. The van der Waals surface area contributed by atoms with Crippen molar-refractivity contribution in [1.82, 2.24) is 0 Å². The Bertz CT molecular complexity index is 707. The van der Waals surface area contributed by atoms with Gasteiger partial charge in [0.1, 0.15) is 5.70 Å². The fourth-order valence-electron chi connectivity index (χ4n) is 1.80. The van der Waals surface area contributed by atoms with E-state index < -0.39 is 35.7 Å². The quantitative estimate of drug-likeness (QED) is 0.627. The number of rotatable bonds is 3. The Balaban J connectivity index is 2.48. The van der Waals surface area contributed by atoms with Gasteiger partial charge in [-0.25, -0.2) is 8.78 Å². The number of fused-ring (bicyclic) bond motifs is 1. The van der Waals surface area contributed by atoms with Crippen LogP contribution in [0.4, 0.5) is 42.1 Å². The number of hydrogen-bond donors (Lipinski definition) is 2. The fraction of sp³-hybridized carbons (Fsp3) is 0.214. The van der Waals surface area contributed by atoms with Crippen LogP contribution in [0.25, 0.3) is 0 Å². The highest BCUT2D eigenvalue weighted by molar-refractivity contribution is 5.97. The van der Waals surface area contributed by atoms with E-state index in [1.165, 1.54) is 24.3 Å². The highest BCUT2D eigenvalue weighted by Gasteiger charge is 2.47. The van der Waals surface area contributed by atoms with Gasteiger partial charge in [0.05, 0.1) is 11.4 Å². The maximum Gasteiger partial charge on any atom is 0.431 e. The van der Waals surface area contributed by atoms with Crippen molar-refractivity contribution >= 4 is 17.2 Å². The van der Waals surface area contributed by atoms with Crippen molar-refractivity contribution in [2.45, 2.75) is 18.5 Å². The van der Waals surface area contributed by atoms with Crippen LogP contribution in [-0.2, 0) is 4.79 Å². The smallest absolute Gasteiger partial charge is 0.354 e. The molecule has 2 N–H and O–H groups in total. The maximum atomic E-state index is 13.0. The van der Waals surface area contributed by atoms with Crippen molar-refractivity contribution < 1.29 is 35.5 Å². The van der Waals surface area contributed by atoms with E-state index in [1.807, 2.05) is 5.32 Å². The maximum absolute atomic E-state index is 13.0. The third-order valence-corrected chi connectivity index (χ3v) is 2.97. The molecular weight excluding hydrogens is 345 g/mol. The average Bonchev–Trinajstić information content (AvgIpc) is 2.65. The second-order valence-corrected chi connectivity index (χ2v) is 4.74. The Labute approximate surface area is 130 Å². The van der Waals surface area contributed by atoms with Gasteiger partial charge in [-0.2, -0.15) is 22.0 Å². The van der Waals surface area contributed by atoms with E-state index in [4.69, 9.17) is 0 Å². The van der Waals surface area contributed by atoms with Crippen LogP contribution in [0.2, 0.25) is 0 Å². The highest BCUT2D eigenvalue weighted by Crippen LogP contribution is 2.35. The zero-order chi connectivity index (χ0) is 18.1. The van der Waals surface area contributed by atoms with Gasteiger partial charge in [0.25, 0.3) is 0 Å². The number of ketones is 1. The van der Waals surface area contributed by atoms with Crippen LogP contribution < -0.4 is 10.6 Å². The Kier molecular flexibility index (Phi) is 4.59. The Morgan fingerprint density at radius 3 is 2.04 bits per heavy atom. The van der Waals surface area contributed by atoms with E-state index in [0.29, 0.717) is 6.08 Å². The van der Waals surface area contributed by atoms with E-state index in [0.717, 1.165) is 0 Å². The molecule has 10 heteroatoms. The van der Waals surface area contributed by atoms with E-state index in [9.17, 15) is 35.5 Å². The van der Waals surface area contributed by atoms with Crippen LogP contribution in [-0.4, -0.2) is 24.3 Å². The van der Waals surface area contributed by atoms with Gasteiger partial charge in [-0.3, -0.25) is 4.79 Å². The minimum absolute atomic E-state index is 0.0156. The number of para-hydroxylation sites is 2. The first kappa shape index (κ1) is 17.8. The van der Waals surface area contributed by atoms with Gasteiger partial charge >= 0.3 is 18.5 Å². The summed E-state index contributed by atoms with van der Waals surface area (Å²) in [5, 5.41) is 4.38. The summed E-state index contributed by atoms with van der Waals surface area (Å²) >= 11 is 0. The van der Waals surface area contributed by atoms with Crippen molar-refractivity contribution in [3.05, 3.63) is 47.8 Å². The molecule has 0 unspecified atom stereocenters. The molecule has 1 heterocycles. The highest BCUT2D eigenvalue weighted by atomic mass is 19.4. The first-order valence-corrected chi connectivity index (χ1v) is 6.36. The predicted molar refractivity (Wildman–Crippen MR) is 71.9 cm³/mol. The summed E-state index contributed by atoms with van der Waals surface area (Å²) in [6.07, 6.45) is -8.79. The molecule has 0 bridgehead atoms. The van der Waals surface area contributed by atoms with Crippen molar-refractivity contribution in [1.29, 1.82) is 0 Å². The van der Waals surface area contributed by atoms with Gasteiger partial charge < -0.3 is 10.6 Å². The van der Waals surface area contributed by atoms with Crippen LogP contribution in [0.1, 0.15) is 0 Å². The van der Waals surface area contributed by atoms with Crippen molar-refractivity contribution in [3.63, 3.8) is 0 Å². The van der Waals surface area contributed by atoms with E-state index in [1.54, 1.807) is 0 Å². The van der Waals surface area contributed by atoms with Crippen molar-refractivity contribution in [3.8, 4) is 0 Å². The van der Waals surface area contributed by atoms with E-state index in [-0.39, 0.29) is 17.5 Å². The number of carbonyl (C=O) groups excluding carboxylic acids is 1. The summed E-state index contributed by atoms with van der Waals surface area (Å²) in [6.45, 7) is 0. The molecule has 1 aliphatic heterocycles. The van der Waals surface area contributed by atoms with Crippen LogP contribution >= 0.6 is 0 Å². The normalized spacial score (nSPS) is 16.8. The SMILES string of the molecule is O=C(C=C1C=C(C(F)(F)F)Nc2ccccc2N1)C(F)(F)C(F)F. The number of halogens is 7. The first-order chi connectivity index (χ1) is 11.0. The standard InChI is InChI=1S/C14H9F7N2O/c15-12(16)13(17,18)11(24)6-7-5-10(14(19,20)21)23-9-4-2-1-3-8(9)22-7/h1-6,12,22-23H. The second-order valence-electron chi connectivity index (χ2n) is 4.74. The minimum Gasteiger partial charge on any atom is -0.354 e. The molecular formula is C14H9F7N2O. The lowest BCUT2D eigenvalue weighted by Crippen LogP contribution is -2.35. The Morgan fingerprint density at radius 2 is 1.54 bits per heavy atom. The van der Waals surface area contributed by atoms with Crippen LogP contribution in [0.5, 0.6) is 0 Å². The minimum atomic E-state index is -5.00. The summed E-state index contributed by atoms with van der Waals surface area (Å²) in [6, 6.07) is 5.46. The molecule has 0 fully saturated rings. The van der Waals surface area contributed by atoms with Crippen LogP contribution in [0.15, 0.2) is 47.8 Å². The van der Waals surface area contributed by atoms with Gasteiger partial charge in [-0.1, -0.05) is 12.1 Å². The summed E-state index contributed by atoms with van der Waals surface area (Å²) in [5.74, 6) is -7.31. The molecule has 1 aromatic carbocycles. The second kappa shape index (κ2) is 6.17. The number of hydrogen-bond acceptors (Lipinski definition) is 3. The molecule has 0 saturated carbocycles. The number of carbonyl (C=O) groups is 1. The Hall–Kier alpha value is -2.52. The van der Waals surface area contributed by atoms with Crippen molar-refractivity contribution in [2.24, 2.45) is 0 Å². The molecule has 0 aromatic heterocycles. The van der Waals surface area contributed by atoms with E-state index >= 15 is 0 Å². The lowest BCUT2D eigenvalue weighted by atomic mass is 10.1. The lowest BCUT2D eigenvalue weighted by Gasteiger charge is -2.13. The zero-order valence-corrected chi connectivity index (χ0v) is 11.6. The monoisotopic (exact) mass is 354 g/mol. The van der Waals surface area contributed by atoms with Gasteiger partial charge in [0.15, 0.2) is 0 Å². The van der Waals surface area contributed by atoms with Gasteiger partial charge in [-0.15, -0.1) is 0 Å². The molecule has 0 radical (unpaired) electrons. The van der Waals surface area contributed by atoms with Crippen LogP contribution in [0, 0.1) is 0 Å². The first-order valence-electron chi connectivity index (χ1n) is 6.36. The third kappa shape index (κ3) is 3.69. The van der Waals surface area contributed by atoms with Gasteiger partial charge in [0.2, 0.25) is 5.78 Å². The topological polar surface area (TPSA) is 41.1 Å². The summed E-state index contributed by atoms with van der Waals surface area (Å²) in [5.41, 5.74) is -2.03. The molecule has 0 aliphatic carbocycles. The van der Waals surface area contributed by atoms with Gasteiger partial charge in [-0.05, 0) is 18.2 Å². The molecule has 0 amide bonds. The number of nitrogens with one attached hydrogen (secondary N) is 2. The number of allylic oxidation sites excluding steroid dienone is 3. The average molecular weight is 354 g/mol. The molecule has 24 heavy (non-hydrogen) atoms. The Morgan fingerprint density at radius 1 is 1.00 bits per heavy atom. The number of benzene rings is 1. The number of alkyl halides is 7. The van der Waals surface area contributed by atoms with Crippen molar-refractivity contribution in [2.75, 3.05) is 10.6 Å². The molecule has 1 aliphatic rings. The molecule has 1 aromatic rings. The largest absolute Gasteiger partial charge is 0.431 e. The molecule has 130 valence electrons. The number of anilines is 2. The summed E-state index contributed by atoms with van der Waals surface area (Å²) in [7, 11) is 0. The fourth-order valence-corrected chi connectivity index (χ4v) is 1.80. The molecule has 3 nitrogen and oxygen atoms in total. The molecule has 0 saturated heterocycles. The molecule has 0 atom stereocenters. The summed E-state index contributed by atoms with van der Waals surface area (Å²) in [4.78, 5) is 11.3. The predicted octanol–water partition coefficient (Wildman–Crippen LogP) is 4.32. The third-order valence-electron chi connectivity index (χ3n) is 2.97. The van der Waals surface area contributed by atoms with E-state index in [2.05, 4.69) is 5.32 Å².